The molecular formula is C47H51N3O12P2SSi. The van der Waals surface area contributed by atoms with Crippen molar-refractivity contribution >= 4 is 45.0 Å². The van der Waals surface area contributed by atoms with Crippen molar-refractivity contribution in [3.63, 3.8) is 0 Å². The second-order valence-corrected chi connectivity index (χ2v) is 26.0. The highest BCUT2D eigenvalue weighted by molar-refractivity contribution is 8.08. The van der Waals surface area contributed by atoms with Crippen molar-refractivity contribution in [3.8, 4) is 16.9 Å². The molecule has 0 amide bonds. The van der Waals surface area contributed by atoms with E-state index in [1.165, 1.54) is 36.2 Å². The molecule has 0 saturated carbocycles. The number of pyridine rings is 1. The fourth-order valence-electron chi connectivity index (χ4n) is 8.80. The van der Waals surface area contributed by atoms with Gasteiger partial charge in [-0.1, -0.05) is 130 Å². The molecule has 2 aromatic heterocycles. The van der Waals surface area contributed by atoms with Crippen LogP contribution >= 0.6 is 14.5 Å². The number of aromatic amines is 1. The number of hydrogen-bond acceptors (Lipinski definition) is 12. The first-order valence-corrected chi connectivity index (χ1v) is 27.3. The van der Waals surface area contributed by atoms with Crippen molar-refractivity contribution in [2.45, 2.75) is 70.1 Å². The quantitative estimate of drug-likeness (QED) is 0.0408. The van der Waals surface area contributed by atoms with E-state index < -0.39 is 64.2 Å². The number of methoxy groups -OCH3 is 1. The molecule has 1 aliphatic heterocycles. The van der Waals surface area contributed by atoms with Crippen LogP contribution in [0.2, 0.25) is 5.04 Å². The molecule has 5 atom stereocenters. The molecule has 19 heteroatoms. The molecule has 1 aliphatic carbocycles. The lowest BCUT2D eigenvalue weighted by Crippen LogP contribution is -2.67. The van der Waals surface area contributed by atoms with Crippen LogP contribution in [-0.4, -0.2) is 55.3 Å². The van der Waals surface area contributed by atoms with Crippen molar-refractivity contribution in [1.29, 1.82) is 0 Å². The Balaban J connectivity index is 1.12. The molecule has 6 aromatic rings. The number of fused-ring (bicyclic) bond motifs is 3. The molecule has 66 heavy (non-hydrogen) atoms. The first kappa shape index (κ1) is 47.6. The highest BCUT2D eigenvalue weighted by Crippen LogP contribution is 2.66. The van der Waals surface area contributed by atoms with Crippen LogP contribution < -0.4 is 31.1 Å². The van der Waals surface area contributed by atoms with Crippen molar-refractivity contribution in [3.05, 3.63) is 182 Å². The van der Waals surface area contributed by atoms with Crippen LogP contribution in [0.15, 0.2) is 143 Å². The Kier molecular flexibility index (Phi) is 14.0. The van der Waals surface area contributed by atoms with Crippen molar-refractivity contribution in [1.82, 2.24) is 9.55 Å². The highest BCUT2D eigenvalue weighted by Gasteiger charge is 2.52. The van der Waals surface area contributed by atoms with Gasteiger partial charge in [0.05, 0.1) is 26.4 Å². The molecule has 1 saturated heterocycles. The smallest absolute Gasteiger partial charge is 0.479 e. The molecule has 2 aliphatic rings. The molecule has 0 bridgehead atoms. The summed E-state index contributed by atoms with van der Waals surface area (Å²) in [5.41, 5.74) is 2.94. The number of rotatable bonds is 17. The number of benzene rings is 4. The third-order valence-electron chi connectivity index (χ3n) is 11.9. The minimum atomic E-state index is -5.29. The van der Waals surface area contributed by atoms with Gasteiger partial charge in [0, 0.05) is 30.2 Å². The normalized spacial score (nSPS) is 19.2. The van der Waals surface area contributed by atoms with E-state index in [2.05, 4.69) is 25.8 Å². The summed E-state index contributed by atoms with van der Waals surface area (Å²) in [6.07, 6.45) is -0.927. The van der Waals surface area contributed by atoms with E-state index in [0.717, 1.165) is 32.6 Å². The Hall–Kier alpha value is -4.87. The lowest BCUT2D eigenvalue weighted by atomic mass is 9.98. The highest BCUT2D eigenvalue weighted by atomic mass is 32.5. The van der Waals surface area contributed by atoms with E-state index in [9.17, 15) is 24.3 Å². The molecule has 346 valence electrons. The third kappa shape index (κ3) is 9.89. The predicted molar refractivity (Wildman–Crippen MR) is 255 cm³/mol. The average Bonchev–Trinajstić information content (AvgIpc) is 3.84. The van der Waals surface area contributed by atoms with E-state index in [4.69, 9.17) is 43.6 Å². The lowest BCUT2D eigenvalue weighted by Gasteiger charge is -2.43. The monoisotopic (exact) mass is 971 g/mol. The summed E-state index contributed by atoms with van der Waals surface area (Å²) in [6.45, 7) is 2.84. The Morgan fingerprint density at radius 2 is 1.48 bits per heavy atom. The number of hydrogen-bond donors (Lipinski definition) is 2. The van der Waals surface area contributed by atoms with Crippen molar-refractivity contribution in [2.75, 3.05) is 20.3 Å². The van der Waals surface area contributed by atoms with Crippen LogP contribution in [-0.2, 0) is 50.0 Å². The Morgan fingerprint density at radius 3 is 2.08 bits per heavy atom. The number of aromatic nitrogens is 3. The average molecular weight is 972 g/mol. The van der Waals surface area contributed by atoms with E-state index >= 15 is 0 Å². The largest absolute Gasteiger partial charge is 0.618 e. The summed E-state index contributed by atoms with van der Waals surface area (Å²) in [7, 11) is -7.04. The summed E-state index contributed by atoms with van der Waals surface area (Å²) in [6, 6.07) is 38.4. The molecule has 0 radical (unpaired) electrons. The Bertz CT molecular complexity index is 2830. The second-order valence-electron chi connectivity index (χ2n) is 17.1. The molecule has 2 N–H and O–H groups in total. The predicted octanol–water partition coefficient (Wildman–Crippen LogP) is 7.12. The van der Waals surface area contributed by atoms with Gasteiger partial charge in [-0.3, -0.25) is 23.4 Å². The number of ether oxygens (including phenoxy) is 2. The maximum atomic E-state index is 14.5. The summed E-state index contributed by atoms with van der Waals surface area (Å²) < 4.78 is 59.6. The maximum absolute atomic E-state index is 14.5. The Labute approximate surface area is 388 Å². The summed E-state index contributed by atoms with van der Waals surface area (Å²) in [4.78, 5) is 39.7. The second kappa shape index (κ2) is 19.4. The standard InChI is InChI=1S/C47H51N3O12P2SSi/c1-32-28-49(46(52)48-45(32)51)44-27-42(43(60-44)31-59-66(47(2,3)4,35-16-8-6-9-17-35)36-18-10-7-11-19-36)61-63(54,55)62-64(65,57-29-33-26-34(56-5)24-25-50(33)53)58-30-41-39-22-14-12-20-37(39)38-21-13-15-23-40(38)41/h6-26,28,41-44H,27,29-31H2,1-5H3,(H,54,55)(H,48,51,52)/t42-,43+,44+,64?/m0/s1. The van der Waals surface area contributed by atoms with E-state index in [1.54, 1.807) is 6.92 Å². The zero-order valence-corrected chi connectivity index (χ0v) is 40.6. The van der Waals surface area contributed by atoms with Crippen LogP contribution in [0.4, 0.5) is 0 Å². The van der Waals surface area contributed by atoms with E-state index in [-0.39, 0.29) is 36.8 Å². The van der Waals surface area contributed by atoms with Gasteiger partial charge in [0.15, 0.2) is 6.20 Å². The van der Waals surface area contributed by atoms with Crippen molar-refractivity contribution < 1.29 is 46.0 Å². The number of phosphoric acid groups is 1. The first-order chi connectivity index (χ1) is 31.5. The molecule has 1 fully saturated rings. The topological polar surface area (TPSA) is 184 Å². The van der Waals surface area contributed by atoms with Crippen LogP contribution in [0.3, 0.4) is 0 Å². The lowest BCUT2D eigenvalue weighted by molar-refractivity contribution is -0.616. The number of nitrogens with zero attached hydrogens (tertiary/aromatic N) is 2. The molecule has 8 rings (SSSR count). The van der Waals surface area contributed by atoms with Crippen molar-refractivity contribution in [2.24, 2.45) is 0 Å². The van der Waals surface area contributed by atoms with Gasteiger partial charge in [-0.25, -0.2) is 13.7 Å². The van der Waals surface area contributed by atoms with Gasteiger partial charge in [-0.2, -0.15) is 4.73 Å². The fourth-order valence-corrected chi connectivity index (χ4v) is 17.3. The minimum Gasteiger partial charge on any atom is -0.618 e. The van der Waals surface area contributed by atoms with Gasteiger partial charge in [-0.15, -0.1) is 0 Å². The van der Waals surface area contributed by atoms with Gasteiger partial charge in [0.2, 0.25) is 5.69 Å². The van der Waals surface area contributed by atoms with Crippen LogP contribution in [0, 0.1) is 12.1 Å². The molecule has 4 aromatic carbocycles. The zero-order chi connectivity index (χ0) is 46.9. The van der Waals surface area contributed by atoms with E-state index in [1.807, 2.05) is 109 Å². The molecule has 15 nitrogen and oxygen atoms in total. The summed E-state index contributed by atoms with van der Waals surface area (Å²) >= 11 is 5.91. The SMILES string of the molecule is COc1cc[n+]([O-])c(COP(=S)(OCC2c3ccccc3-c3ccccc32)OP(=O)(O)O[C@H]2C[C@H](n3cc(C)c(=O)[nH]c3=O)O[C@@H]2CO[Si](c2ccccc2)(c2ccccc2)C(C)(C)C)c1. The molecule has 3 heterocycles. The van der Waals surface area contributed by atoms with Gasteiger partial charge in [0.25, 0.3) is 13.9 Å². The first-order valence-electron chi connectivity index (χ1n) is 21.3. The zero-order valence-electron chi connectivity index (χ0n) is 37.0. The maximum Gasteiger partial charge on any atom is 0.479 e. The number of H-pyrrole nitrogens is 1. The Morgan fingerprint density at radius 1 is 0.894 bits per heavy atom. The fraction of sp³-hybridized carbons (Fsp3) is 0.298. The van der Waals surface area contributed by atoms with Crippen LogP contribution in [0.25, 0.3) is 11.1 Å². The van der Waals surface area contributed by atoms with Crippen LogP contribution in [0.1, 0.15) is 61.7 Å². The number of phosphoric ester groups is 1. The van der Waals surface area contributed by atoms with Gasteiger partial charge < -0.3 is 28.5 Å². The van der Waals surface area contributed by atoms with Crippen LogP contribution in [0.5, 0.6) is 5.75 Å². The van der Waals surface area contributed by atoms with Gasteiger partial charge in [0.1, 0.15) is 30.8 Å². The number of nitrogens with one attached hydrogen (secondary N) is 1. The number of aryl methyl sites for hydroxylation is 1. The molecular weight excluding hydrogens is 921 g/mol. The van der Waals surface area contributed by atoms with Gasteiger partial charge in [-0.05, 0) is 56.4 Å². The molecule has 2 unspecified atom stereocenters. The summed E-state index contributed by atoms with van der Waals surface area (Å²) in [5.74, 6) is 0.0170. The third-order valence-corrected chi connectivity index (χ3v) is 21.2. The minimum absolute atomic E-state index is 0.0650. The van der Waals surface area contributed by atoms with E-state index in [0.29, 0.717) is 10.5 Å². The molecule has 0 spiro atoms. The summed E-state index contributed by atoms with van der Waals surface area (Å²) in [5, 5.41) is 14.4. The van der Waals surface area contributed by atoms with Gasteiger partial charge >= 0.3 is 20.2 Å².